The number of carbonyl (C=O) groups excluding carboxylic acids is 1. The fourth-order valence-corrected chi connectivity index (χ4v) is 2.58. The molecule has 1 aromatic heterocycles. The molecule has 1 saturated heterocycles. The van der Waals surface area contributed by atoms with E-state index in [0.29, 0.717) is 11.5 Å². The van der Waals surface area contributed by atoms with Crippen molar-refractivity contribution in [2.75, 3.05) is 43.4 Å². The third-order valence-electron chi connectivity index (χ3n) is 3.92. The van der Waals surface area contributed by atoms with Crippen molar-refractivity contribution in [3.8, 4) is 0 Å². The summed E-state index contributed by atoms with van der Waals surface area (Å²) >= 11 is 0. The van der Waals surface area contributed by atoms with E-state index in [1.807, 2.05) is 37.3 Å². The third-order valence-corrected chi connectivity index (χ3v) is 3.92. The number of amides is 1. The molecule has 1 amide bonds. The second-order valence-electron chi connectivity index (χ2n) is 5.77. The predicted molar refractivity (Wildman–Crippen MR) is 90.9 cm³/mol. The Labute approximate surface area is 136 Å². The van der Waals surface area contributed by atoms with Gasteiger partial charge in [0.05, 0.1) is 0 Å². The average Bonchev–Trinajstić information content (AvgIpc) is 2.56. The van der Waals surface area contributed by atoms with Crippen molar-refractivity contribution in [2.45, 2.75) is 6.92 Å². The van der Waals surface area contributed by atoms with Gasteiger partial charge in [-0.3, -0.25) is 4.79 Å². The van der Waals surface area contributed by atoms with E-state index in [4.69, 9.17) is 0 Å². The number of nitrogens with one attached hydrogen (secondary N) is 1. The van der Waals surface area contributed by atoms with Crippen molar-refractivity contribution < 1.29 is 4.79 Å². The van der Waals surface area contributed by atoms with Gasteiger partial charge in [-0.05, 0) is 26.1 Å². The lowest BCUT2D eigenvalue weighted by molar-refractivity contribution is 0.102. The number of likely N-dealkylation sites (N-methyl/N-ethyl adjacent to an activating group) is 1. The van der Waals surface area contributed by atoms with Crippen LogP contribution < -0.4 is 10.2 Å². The highest BCUT2D eigenvalue weighted by Gasteiger charge is 2.18. The summed E-state index contributed by atoms with van der Waals surface area (Å²) in [5.74, 6) is 1.22. The van der Waals surface area contributed by atoms with Crippen LogP contribution in [0.5, 0.6) is 0 Å². The SMILES string of the molecule is Cc1nc(C(=O)Nc2ccccc2)cc(N2CCN(C)CC2)n1. The highest BCUT2D eigenvalue weighted by Crippen LogP contribution is 2.16. The maximum absolute atomic E-state index is 12.4. The zero-order valence-corrected chi connectivity index (χ0v) is 13.5. The van der Waals surface area contributed by atoms with E-state index in [-0.39, 0.29) is 5.91 Å². The average molecular weight is 311 g/mol. The Balaban J connectivity index is 1.78. The van der Waals surface area contributed by atoms with E-state index in [0.717, 1.165) is 37.7 Å². The number of aryl methyl sites for hydroxylation is 1. The summed E-state index contributed by atoms with van der Waals surface area (Å²) in [4.78, 5) is 25.7. The van der Waals surface area contributed by atoms with Gasteiger partial charge in [0, 0.05) is 37.9 Å². The van der Waals surface area contributed by atoms with Crippen molar-refractivity contribution in [3.63, 3.8) is 0 Å². The molecule has 0 saturated carbocycles. The number of nitrogens with zero attached hydrogens (tertiary/aromatic N) is 4. The maximum Gasteiger partial charge on any atom is 0.274 e. The Morgan fingerprint density at radius 3 is 2.48 bits per heavy atom. The number of aromatic nitrogens is 2. The Morgan fingerprint density at radius 2 is 1.78 bits per heavy atom. The van der Waals surface area contributed by atoms with Crippen molar-refractivity contribution in [1.82, 2.24) is 14.9 Å². The molecule has 0 radical (unpaired) electrons. The van der Waals surface area contributed by atoms with Crippen molar-refractivity contribution in [2.24, 2.45) is 0 Å². The van der Waals surface area contributed by atoms with E-state index < -0.39 is 0 Å². The number of carbonyl (C=O) groups is 1. The van der Waals surface area contributed by atoms with E-state index in [1.165, 1.54) is 0 Å². The van der Waals surface area contributed by atoms with Gasteiger partial charge in [-0.15, -0.1) is 0 Å². The van der Waals surface area contributed by atoms with Crippen molar-refractivity contribution in [1.29, 1.82) is 0 Å². The molecular weight excluding hydrogens is 290 g/mol. The summed E-state index contributed by atoms with van der Waals surface area (Å²) in [6.07, 6.45) is 0. The molecule has 3 rings (SSSR count). The molecule has 0 bridgehead atoms. The molecule has 2 aromatic rings. The molecule has 0 aliphatic carbocycles. The third kappa shape index (κ3) is 3.84. The molecule has 1 aliphatic heterocycles. The first-order valence-electron chi connectivity index (χ1n) is 7.77. The van der Waals surface area contributed by atoms with Gasteiger partial charge in [-0.25, -0.2) is 9.97 Å². The van der Waals surface area contributed by atoms with Gasteiger partial charge in [0.1, 0.15) is 17.3 Å². The molecule has 23 heavy (non-hydrogen) atoms. The predicted octanol–water partition coefficient (Wildman–Crippen LogP) is 1.79. The van der Waals surface area contributed by atoms with E-state index in [2.05, 4.69) is 32.1 Å². The van der Waals surface area contributed by atoms with Crippen LogP contribution in [-0.4, -0.2) is 54.0 Å². The molecule has 1 fully saturated rings. The number of hydrogen-bond donors (Lipinski definition) is 1. The number of para-hydroxylation sites is 1. The standard InChI is InChI=1S/C17H21N5O/c1-13-18-15(17(23)20-14-6-4-3-5-7-14)12-16(19-13)22-10-8-21(2)9-11-22/h3-7,12H,8-11H2,1-2H3,(H,20,23). The van der Waals surface area contributed by atoms with Crippen molar-refractivity contribution in [3.05, 3.63) is 47.9 Å². The van der Waals surface area contributed by atoms with Gasteiger partial charge >= 0.3 is 0 Å². The van der Waals surface area contributed by atoms with Crippen LogP contribution >= 0.6 is 0 Å². The number of anilines is 2. The second-order valence-corrected chi connectivity index (χ2v) is 5.77. The van der Waals surface area contributed by atoms with Gasteiger partial charge in [0.2, 0.25) is 0 Å². The Kier molecular flexibility index (Phi) is 4.52. The first-order chi connectivity index (χ1) is 11.1. The Hall–Kier alpha value is -2.47. The van der Waals surface area contributed by atoms with Gasteiger partial charge in [-0.1, -0.05) is 18.2 Å². The highest BCUT2D eigenvalue weighted by atomic mass is 16.1. The number of benzene rings is 1. The quantitative estimate of drug-likeness (QED) is 0.936. The summed E-state index contributed by atoms with van der Waals surface area (Å²) in [5, 5.41) is 2.87. The summed E-state index contributed by atoms with van der Waals surface area (Å²) in [5.41, 5.74) is 1.16. The summed E-state index contributed by atoms with van der Waals surface area (Å²) in [6.45, 7) is 5.63. The summed E-state index contributed by atoms with van der Waals surface area (Å²) in [7, 11) is 2.11. The molecule has 1 aliphatic rings. The van der Waals surface area contributed by atoms with Crippen LogP contribution in [0.25, 0.3) is 0 Å². The molecule has 0 atom stereocenters. The van der Waals surface area contributed by atoms with Gasteiger partial charge in [0.15, 0.2) is 0 Å². The zero-order chi connectivity index (χ0) is 16.2. The van der Waals surface area contributed by atoms with Crippen LogP contribution in [0.2, 0.25) is 0 Å². The molecule has 6 heteroatoms. The molecule has 2 heterocycles. The fourth-order valence-electron chi connectivity index (χ4n) is 2.58. The molecule has 120 valence electrons. The maximum atomic E-state index is 12.4. The van der Waals surface area contributed by atoms with Crippen LogP contribution in [-0.2, 0) is 0 Å². The lowest BCUT2D eigenvalue weighted by Gasteiger charge is -2.33. The van der Waals surface area contributed by atoms with Crippen LogP contribution in [0.15, 0.2) is 36.4 Å². The Bertz CT molecular complexity index is 681. The number of rotatable bonds is 3. The van der Waals surface area contributed by atoms with Crippen LogP contribution in [0.4, 0.5) is 11.5 Å². The van der Waals surface area contributed by atoms with Crippen LogP contribution in [0.3, 0.4) is 0 Å². The second kappa shape index (κ2) is 6.75. The van der Waals surface area contributed by atoms with E-state index >= 15 is 0 Å². The largest absolute Gasteiger partial charge is 0.354 e. The topological polar surface area (TPSA) is 61.4 Å². The highest BCUT2D eigenvalue weighted by molar-refractivity contribution is 6.03. The molecule has 0 unspecified atom stereocenters. The monoisotopic (exact) mass is 311 g/mol. The fraction of sp³-hybridized carbons (Fsp3) is 0.353. The summed E-state index contributed by atoms with van der Waals surface area (Å²) in [6, 6.07) is 11.2. The lowest BCUT2D eigenvalue weighted by Crippen LogP contribution is -2.45. The number of hydrogen-bond acceptors (Lipinski definition) is 5. The smallest absolute Gasteiger partial charge is 0.274 e. The minimum atomic E-state index is -0.211. The van der Waals surface area contributed by atoms with E-state index in [9.17, 15) is 4.79 Å². The minimum absolute atomic E-state index is 0.211. The van der Waals surface area contributed by atoms with Gasteiger partial charge in [0.25, 0.3) is 5.91 Å². The van der Waals surface area contributed by atoms with Crippen LogP contribution in [0, 0.1) is 6.92 Å². The van der Waals surface area contributed by atoms with Crippen molar-refractivity contribution >= 4 is 17.4 Å². The minimum Gasteiger partial charge on any atom is -0.354 e. The lowest BCUT2D eigenvalue weighted by atomic mass is 10.2. The Morgan fingerprint density at radius 1 is 1.09 bits per heavy atom. The molecule has 1 N–H and O–H groups in total. The van der Waals surface area contributed by atoms with E-state index in [1.54, 1.807) is 6.07 Å². The van der Waals surface area contributed by atoms with Crippen LogP contribution in [0.1, 0.15) is 16.3 Å². The zero-order valence-electron chi connectivity index (χ0n) is 13.5. The normalized spacial score (nSPS) is 15.5. The molecule has 0 spiro atoms. The van der Waals surface area contributed by atoms with Gasteiger partial charge in [-0.2, -0.15) is 0 Å². The number of piperazine rings is 1. The molecular formula is C17H21N5O. The summed E-state index contributed by atoms with van der Waals surface area (Å²) < 4.78 is 0. The van der Waals surface area contributed by atoms with Gasteiger partial charge < -0.3 is 15.1 Å². The molecule has 6 nitrogen and oxygen atoms in total. The molecule has 1 aromatic carbocycles. The first kappa shape index (κ1) is 15.4. The first-order valence-corrected chi connectivity index (χ1v) is 7.77.